The number of nitrogens with one attached hydrogen (secondary N) is 2. The van der Waals surface area contributed by atoms with Crippen LogP contribution < -0.4 is 15.4 Å². The number of fused-ring (bicyclic) bond motifs is 2. The molecule has 256 valence electrons. The van der Waals surface area contributed by atoms with Crippen molar-refractivity contribution < 1.29 is 50.2 Å². The van der Waals surface area contributed by atoms with Crippen LogP contribution in [-0.4, -0.2) is 69.0 Å². The lowest BCUT2D eigenvalue weighted by atomic mass is 9.83. The van der Waals surface area contributed by atoms with E-state index in [9.17, 15) is 41.1 Å². The van der Waals surface area contributed by atoms with Gasteiger partial charge in [0.2, 0.25) is 5.91 Å². The maximum Gasteiger partial charge on any atom is 0.501 e. The van der Waals surface area contributed by atoms with Crippen LogP contribution in [0.1, 0.15) is 41.2 Å². The zero-order chi connectivity index (χ0) is 35.1. The molecule has 3 aromatic rings. The zero-order valence-electron chi connectivity index (χ0n) is 26.0. The number of amides is 2. The van der Waals surface area contributed by atoms with E-state index in [1.165, 1.54) is 30.2 Å². The molecule has 2 aliphatic rings. The van der Waals surface area contributed by atoms with E-state index in [1.807, 2.05) is 0 Å². The highest BCUT2D eigenvalue weighted by Crippen LogP contribution is 2.49. The van der Waals surface area contributed by atoms with Crippen molar-refractivity contribution >= 4 is 33.3 Å². The summed E-state index contributed by atoms with van der Waals surface area (Å²) in [5, 5.41) is 15.1. The van der Waals surface area contributed by atoms with Crippen LogP contribution in [0.3, 0.4) is 0 Å². The van der Waals surface area contributed by atoms with Crippen LogP contribution in [0, 0.1) is 23.6 Å². The highest BCUT2D eigenvalue weighted by molar-refractivity contribution is 7.92. The molecule has 48 heavy (non-hydrogen) atoms. The van der Waals surface area contributed by atoms with E-state index in [4.69, 9.17) is 4.74 Å². The fourth-order valence-electron chi connectivity index (χ4n) is 6.87. The van der Waals surface area contributed by atoms with Gasteiger partial charge in [0.25, 0.3) is 15.7 Å². The SMILES string of the molecule is COc1cc(F)c(-c2cccc([C@@H](C(=O)O)N(C)C)c2)cc1C(=O)N[C@@H]1[C@H]2CC[C@H](C2)[C@@H]1C(=O)Nc1cccc(S(=O)(=O)C(F)(F)F)c1. The molecule has 2 bridgehead atoms. The van der Waals surface area contributed by atoms with Gasteiger partial charge in [0.05, 0.1) is 23.5 Å². The fourth-order valence-corrected chi connectivity index (χ4v) is 7.67. The molecule has 3 N–H and O–H groups in total. The Hall–Kier alpha value is -4.50. The standard InChI is InChI=1S/C33H33F4N3O7S/c1-40(2)29(32(43)44)20-7-4-6-17(12-20)23-15-24(26(47-3)16-25(23)34)30(41)39-28-19-11-10-18(13-19)27(28)31(42)38-21-8-5-9-22(14-21)48(45,46)33(35,36)37/h4-9,12,14-16,18-19,27-29H,10-11,13H2,1-3H3,(H,38,42)(H,39,41)(H,43,44)/t18-,19+,27+,28-,29+/m1/s1. The summed E-state index contributed by atoms with van der Waals surface area (Å²) in [6.07, 6.45) is 2.01. The van der Waals surface area contributed by atoms with Gasteiger partial charge < -0.3 is 20.5 Å². The normalized spacial score (nSPS) is 21.2. The molecular formula is C33H33F4N3O7S. The van der Waals surface area contributed by atoms with Crippen LogP contribution in [0.4, 0.5) is 23.2 Å². The number of sulfone groups is 1. The second-order valence-electron chi connectivity index (χ2n) is 12.2. The van der Waals surface area contributed by atoms with E-state index in [0.717, 1.165) is 24.3 Å². The minimum absolute atomic E-state index is 0.0154. The topological polar surface area (TPSA) is 142 Å². The Morgan fingerprint density at radius 3 is 2.33 bits per heavy atom. The molecule has 0 spiro atoms. The number of rotatable bonds is 10. The number of halogens is 4. The Morgan fingerprint density at radius 1 is 1.00 bits per heavy atom. The van der Waals surface area contributed by atoms with Crippen molar-refractivity contribution in [3.63, 3.8) is 0 Å². The van der Waals surface area contributed by atoms with Gasteiger partial charge in [-0.25, -0.2) is 12.8 Å². The van der Waals surface area contributed by atoms with Gasteiger partial charge in [-0.3, -0.25) is 19.3 Å². The van der Waals surface area contributed by atoms with E-state index in [0.29, 0.717) is 30.4 Å². The van der Waals surface area contributed by atoms with Crippen molar-refractivity contribution in [3.8, 4) is 16.9 Å². The number of alkyl halides is 3. The molecule has 0 radical (unpaired) electrons. The van der Waals surface area contributed by atoms with Crippen molar-refractivity contribution in [1.29, 1.82) is 0 Å². The number of methoxy groups -OCH3 is 1. The lowest BCUT2D eigenvalue weighted by molar-refractivity contribution is -0.142. The molecule has 15 heteroatoms. The molecule has 5 rings (SSSR count). The average Bonchev–Trinajstić information content (AvgIpc) is 3.62. The minimum Gasteiger partial charge on any atom is -0.496 e. The second kappa shape index (κ2) is 13.2. The first-order valence-electron chi connectivity index (χ1n) is 14.9. The lowest BCUT2D eigenvalue weighted by Crippen LogP contribution is -2.48. The Morgan fingerprint density at radius 2 is 1.69 bits per heavy atom. The number of hydrogen-bond acceptors (Lipinski definition) is 7. The summed E-state index contributed by atoms with van der Waals surface area (Å²) in [4.78, 5) is 39.7. The largest absolute Gasteiger partial charge is 0.501 e. The predicted octanol–water partition coefficient (Wildman–Crippen LogP) is 5.27. The molecule has 0 unspecified atom stereocenters. The van der Waals surface area contributed by atoms with Crippen LogP contribution in [0.25, 0.3) is 11.1 Å². The monoisotopic (exact) mass is 691 g/mol. The number of carboxylic acid groups (broad SMARTS) is 1. The van der Waals surface area contributed by atoms with Gasteiger partial charge in [-0.2, -0.15) is 13.2 Å². The molecule has 0 saturated heterocycles. The summed E-state index contributed by atoms with van der Waals surface area (Å²) in [6.45, 7) is 0. The summed E-state index contributed by atoms with van der Waals surface area (Å²) in [5.74, 6) is -4.16. The Kier molecular flexibility index (Phi) is 9.57. The van der Waals surface area contributed by atoms with Gasteiger partial charge in [-0.1, -0.05) is 24.3 Å². The van der Waals surface area contributed by atoms with Gasteiger partial charge in [0.1, 0.15) is 17.6 Å². The number of carboxylic acids is 1. The van der Waals surface area contributed by atoms with E-state index < -0.39 is 61.8 Å². The summed E-state index contributed by atoms with van der Waals surface area (Å²) in [7, 11) is -1.18. The van der Waals surface area contributed by atoms with Gasteiger partial charge in [-0.15, -0.1) is 0 Å². The Bertz CT molecular complexity index is 1870. The third kappa shape index (κ3) is 6.61. The molecule has 10 nitrogen and oxygen atoms in total. The van der Waals surface area contributed by atoms with E-state index in [-0.39, 0.29) is 34.4 Å². The zero-order valence-corrected chi connectivity index (χ0v) is 26.9. The third-order valence-electron chi connectivity index (χ3n) is 9.03. The number of nitrogens with zero attached hydrogens (tertiary/aromatic N) is 1. The van der Waals surface area contributed by atoms with Gasteiger partial charge in [0.15, 0.2) is 0 Å². The van der Waals surface area contributed by atoms with Crippen molar-refractivity contribution in [3.05, 3.63) is 77.6 Å². The lowest BCUT2D eigenvalue weighted by Gasteiger charge is -2.31. The number of aliphatic carboxylic acids is 1. The maximum absolute atomic E-state index is 15.4. The van der Waals surface area contributed by atoms with Gasteiger partial charge >= 0.3 is 11.5 Å². The molecule has 3 aromatic carbocycles. The molecule has 0 heterocycles. The summed E-state index contributed by atoms with van der Waals surface area (Å²) in [6, 6.07) is 10.8. The Labute approximate surface area is 274 Å². The van der Waals surface area contributed by atoms with Crippen molar-refractivity contribution in [2.75, 3.05) is 26.5 Å². The number of carbonyl (C=O) groups excluding carboxylic acids is 2. The first-order chi connectivity index (χ1) is 22.5. The van der Waals surface area contributed by atoms with Crippen LogP contribution in [-0.2, 0) is 19.4 Å². The van der Waals surface area contributed by atoms with Gasteiger partial charge in [-0.05, 0) is 86.7 Å². The van der Waals surface area contributed by atoms with Gasteiger partial charge in [0, 0.05) is 23.4 Å². The molecule has 2 aliphatic carbocycles. The number of benzene rings is 3. The first kappa shape index (κ1) is 34.8. The number of likely N-dealkylation sites (N-methyl/N-ethyl adjacent to an activating group) is 1. The molecular weight excluding hydrogens is 658 g/mol. The summed E-state index contributed by atoms with van der Waals surface area (Å²) >= 11 is 0. The van der Waals surface area contributed by atoms with Crippen molar-refractivity contribution in [2.45, 2.75) is 41.7 Å². The maximum atomic E-state index is 15.4. The smallest absolute Gasteiger partial charge is 0.496 e. The van der Waals surface area contributed by atoms with Crippen LogP contribution in [0.15, 0.2) is 65.6 Å². The number of ether oxygens (including phenoxy) is 1. The molecule has 2 amide bonds. The molecule has 5 atom stereocenters. The van der Waals surface area contributed by atoms with Crippen molar-refractivity contribution in [2.24, 2.45) is 17.8 Å². The second-order valence-corrected chi connectivity index (χ2v) is 14.1. The third-order valence-corrected chi connectivity index (χ3v) is 10.5. The summed E-state index contributed by atoms with van der Waals surface area (Å²) in [5.41, 5.74) is -4.97. The predicted molar refractivity (Wildman–Crippen MR) is 166 cm³/mol. The minimum atomic E-state index is -5.64. The highest BCUT2D eigenvalue weighted by Gasteiger charge is 2.52. The molecule has 2 fully saturated rings. The Balaban J connectivity index is 1.41. The highest BCUT2D eigenvalue weighted by atomic mass is 32.2. The van der Waals surface area contributed by atoms with Crippen LogP contribution in [0.2, 0.25) is 0 Å². The average molecular weight is 692 g/mol. The fraction of sp³-hybridized carbons (Fsp3) is 0.364. The quantitative estimate of drug-likeness (QED) is 0.245. The first-order valence-corrected chi connectivity index (χ1v) is 16.4. The molecule has 0 aliphatic heterocycles. The van der Waals surface area contributed by atoms with E-state index >= 15 is 4.39 Å². The summed E-state index contributed by atoms with van der Waals surface area (Å²) < 4.78 is 83.8. The van der Waals surface area contributed by atoms with Crippen LogP contribution >= 0.6 is 0 Å². The number of hydrogen-bond donors (Lipinski definition) is 3. The number of carbonyl (C=O) groups is 3. The van der Waals surface area contributed by atoms with E-state index in [1.54, 1.807) is 32.3 Å². The van der Waals surface area contributed by atoms with Crippen molar-refractivity contribution in [1.82, 2.24) is 10.2 Å². The van der Waals surface area contributed by atoms with E-state index in [2.05, 4.69) is 10.6 Å². The number of anilines is 1. The van der Waals surface area contributed by atoms with Crippen LogP contribution in [0.5, 0.6) is 5.75 Å². The molecule has 0 aromatic heterocycles. The molecule has 2 saturated carbocycles.